The lowest BCUT2D eigenvalue weighted by atomic mass is 10.1. The lowest BCUT2D eigenvalue weighted by Gasteiger charge is -2.15. The molecule has 0 aromatic carbocycles. The summed E-state index contributed by atoms with van der Waals surface area (Å²) in [5.41, 5.74) is 7.50. The molecule has 1 unspecified atom stereocenters. The van der Waals surface area contributed by atoms with Gasteiger partial charge < -0.3 is 5.73 Å². The standard InChI is InChI=1S/C11H14N4/c1-2-11(9-4-3-5-13-6-9)15-8-10(12)7-14-15/h3-8,11H,2,12H2,1H3. The van der Waals surface area contributed by atoms with E-state index in [-0.39, 0.29) is 6.04 Å². The summed E-state index contributed by atoms with van der Waals surface area (Å²) in [6.07, 6.45) is 8.12. The maximum Gasteiger partial charge on any atom is 0.0781 e. The Labute approximate surface area is 88.8 Å². The number of hydrogen-bond acceptors (Lipinski definition) is 3. The van der Waals surface area contributed by atoms with Crippen LogP contribution in [0.2, 0.25) is 0 Å². The number of nitrogen functional groups attached to an aromatic ring is 1. The zero-order valence-electron chi connectivity index (χ0n) is 8.67. The van der Waals surface area contributed by atoms with Crippen molar-refractivity contribution in [2.24, 2.45) is 0 Å². The van der Waals surface area contributed by atoms with Crippen molar-refractivity contribution in [2.75, 3.05) is 5.73 Å². The Bertz CT molecular complexity index is 421. The molecule has 0 aliphatic carbocycles. The SMILES string of the molecule is CCC(c1cccnc1)n1cc(N)cn1. The minimum Gasteiger partial charge on any atom is -0.396 e. The second-order valence-corrected chi connectivity index (χ2v) is 3.46. The van der Waals surface area contributed by atoms with Crippen molar-refractivity contribution in [1.82, 2.24) is 14.8 Å². The predicted molar refractivity (Wildman–Crippen MR) is 59.3 cm³/mol. The van der Waals surface area contributed by atoms with Crippen molar-refractivity contribution < 1.29 is 0 Å². The minimum absolute atomic E-state index is 0.219. The van der Waals surface area contributed by atoms with Crippen LogP contribution in [0.25, 0.3) is 0 Å². The van der Waals surface area contributed by atoms with Crippen LogP contribution in [0.15, 0.2) is 36.9 Å². The minimum atomic E-state index is 0.219. The van der Waals surface area contributed by atoms with Crippen LogP contribution < -0.4 is 5.73 Å². The van der Waals surface area contributed by atoms with Crippen LogP contribution in [0, 0.1) is 0 Å². The van der Waals surface area contributed by atoms with Crippen molar-refractivity contribution in [2.45, 2.75) is 19.4 Å². The molecule has 0 amide bonds. The van der Waals surface area contributed by atoms with Gasteiger partial charge in [0.25, 0.3) is 0 Å². The topological polar surface area (TPSA) is 56.7 Å². The van der Waals surface area contributed by atoms with Crippen LogP contribution in [0.3, 0.4) is 0 Å². The number of nitrogens with zero attached hydrogens (tertiary/aromatic N) is 3. The largest absolute Gasteiger partial charge is 0.396 e. The first kappa shape index (κ1) is 9.71. The van der Waals surface area contributed by atoms with Gasteiger partial charge in [-0.2, -0.15) is 5.10 Å². The second kappa shape index (κ2) is 4.13. The predicted octanol–water partition coefficient (Wildman–Crippen LogP) is 1.86. The summed E-state index contributed by atoms with van der Waals surface area (Å²) in [6, 6.07) is 4.21. The summed E-state index contributed by atoms with van der Waals surface area (Å²) in [4.78, 5) is 4.11. The third-order valence-electron chi connectivity index (χ3n) is 2.40. The fraction of sp³-hybridized carbons (Fsp3) is 0.273. The van der Waals surface area contributed by atoms with Crippen molar-refractivity contribution in [3.05, 3.63) is 42.5 Å². The molecule has 0 aliphatic heterocycles. The molecule has 78 valence electrons. The van der Waals surface area contributed by atoms with Gasteiger partial charge in [0.15, 0.2) is 0 Å². The highest BCUT2D eigenvalue weighted by molar-refractivity contribution is 5.31. The summed E-state index contributed by atoms with van der Waals surface area (Å²) in [5.74, 6) is 0. The van der Waals surface area contributed by atoms with E-state index < -0.39 is 0 Å². The lowest BCUT2D eigenvalue weighted by Crippen LogP contribution is -2.10. The number of nitrogens with two attached hydrogens (primary N) is 1. The van der Waals surface area contributed by atoms with Gasteiger partial charge in [-0.05, 0) is 18.1 Å². The summed E-state index contributed by atoms with van der Waals surface area (Å²) in [7, 11) is 0. The van der Waals surface area contributed by atoms with Crippen molar-refractivity contribution >= 4 is 5.69 Å². The normalized spacial score (nSPS) is 12.6. The van der Waals surface area contributed by atoms with Crippen LogP contribution in [0.5, 0.6) is 0 Å². The number of pyridine rings is 1. The van der Waals surface area contributed by atoms with Crippen LogP contribution in [-0.4, -0.2) is 14.8 Å². The van der Waals surface area contributed by atoms with Gasteiger partial charge >= 0.3 is 0 Å². The van der Waals surface area contributed by atoms with Crippen LogP contribution >= 0.6 is 0 Å². The first-order chi connectivity index (χ1) is 7.31. The number of hydrogen-bond donors (Lipinski definition) is 1. The van der Waals surface area contributed by atoms with Gasteiger partial charge in [0.05, 0.1) is 17.9 Å². The van der Waals surface area contributed by atoms with Gasteiger partial charge in [-0.15, -0.1) is 0 Å². The highest BCUT2D eigenvalue weighted by Crippen LogP contribution is 2.20. The van der Waals surface area contributed by atoms with E-state index in [4.69, 9.17) is 5.73 Å². The molecule has 2 rings (SSSR count). The zero-order chi connectivity index (χ0) is 10.7. The average molecular weight is 202 g/mol. The van der Waals surface area contributed by atoms with Gasteiger partial charge in [-0.1, -0.05) is 13.0 Å². The molecule has 1 atom stereocenters. The Balaban J connectivity index is 2.33. The zero-order valence-corrected chi connectivity index (χ0v) is 8.67. The fourth-order valence-electron chi connectivity index (χ4n) is 1.67. The van der Waals surface area contributed by atoms with E-state index in [1.807, 2.05) is 23.1 Å². The molecular formula is C11H14N4. The van der Waals surface area contributed by atoms with Crippen molar-refractivity contribution in [3.8, 4) is 0 Å². The Kier molecular flexibility index (Phi) is 2.67. The van der Waals surface area contributed by atoms with E-state index in [0.29, 0.717) is 5.69 Å². The van der Waals surface area contributed by atoms with Crippen LogP contribution in [0.4, 0.5) is 5.69 Å². The molecule has 0 saturated carbocycles. The molecule has 2 N–H and O–H groups in total. The first-order valence-corrected chi connectivity index (χ1v) is 5.01. The summed E-state index contributed by atoms with van der Waals surface area (Å²) in [6.45, 7) is 2.12. The molecule has 0 bridgehead atoms. The third kappa shape index (κ3) is 1.98. The van der Waals surface area contributed by atoms with E-state index in [9.17, 15) is 0 Å². The molecule has 4 heteroatoms. The molecule has 0 fully saturated rings. The maximum atomic E-state index is 5.65. The third-order valence-corrected chi connectivity index (χ3v) is 2.40. The number of rotatable bonds is 3. The van der Waals surface area contributed by atoms with Gasteiger partial charge in [-0.3, -0.25) is 9.67 Å². The molecule has 0 spiro atoms. The van der Waals surface area contributed by atoms with Gasteiger partial charge in [0, 0.05) is 18.6 Å². The lowest BCUT2D eigenvalue weighted by molar-refractivity contribution is 0.508. The molecule has 15 heavy (non-hydrogen) atoms. The molecule has 0 saturated heterocycles. The molecule has 0 aliphatic rings. The summed E-state index contributed by atoms with van der Waals surface area (Å²) in [5, 5.41) is 4.23. The quantitative estimate of drug-likeness (QED) is 0.826. The molecular weight excluding hydrogens is 188 g/mol. The highest BCUT2D eigenvalue weighted by Gasteiger charge is 2.11. The van der Waals surface area contributed by atoms with Gasteiger partial charge in [0.2, 0.25) is 0 Å². The Morgan fingerprint density at radius 2 is 2.33 bits per heavy atom. The maximum absolute atomic E-state index is 5.65. The van der Waals surface area contributed by atoms with Gasteiger partial charge in [-0.25, -0.2) is 0 Å². The smallest absolute Gasteiger partial charge is 0.0781 e. The van der Waals surface area contributed by atoms with E-state index in [1.165, 1.54) is 0 Å². The van der Waals surface area contributed by atoms with E-state index in [1.54, 1.807) is 12.4 Å². The van der Waals surface area contributed by atoms with Crippen molar-refractivity contribution in [1.29, 1.82) is 0 Å². The molecule has 4 nitrogen and oxygen atoms in total. The van der Waals surface area contributed by atoms with E-state index in [0.717, 1.165) is 12.0 Å². The molecule has 0 radical (unpaired) electrons. The second-order valence-electron chi connectivity index (χ2n) is 3.46. The van der Waals surface area contributed by atoms with Crippen molar-refractivity contribution in [3.63, 3.8) is 0 Å². The molecule has 2 aromatic rings. The monoisotopic (exact) mass is 202 g/mol. The van der Waals surface area contributed by atoms with Crippen LogP contribution in [-0.2, 0) is 0 Å². The Morgan fingerprint density at radius 1 is 1.47 bits per heavy atom. The Hall–Kier alpha value is -1.84. The number of anilines is 1. The summed E-state index contributed by atoms with van der Waals surface area (Å²) < 4.78 is 1.88. The first-order valence-electron chi connectivity index (χ1n) is 5.01. The van der Waals surface area contributed by atoms with Crippen LogP contribution in [0.1, 0.15) is 24.9 Å². The molecule has 2 aromatic heterocycles. The highest BCUT2D eigenvalue weighted by atomic mass is 15.3. The van der Waals surface area contributed by atoms with E-state index >= 15 is 0 Å². The average Bonchev–Trinajstić information content (AvgIpc) is 2.68. The van der Waals surface area contributed by atoms with E-state index in [2.05, 4.69) is 23.1 Å². The van der Waals surface area contributed by atoms with Gasteiger partial charge in [0.1, 0.15) is 0 Å². The molecule has 2 heterocycles. The Morgan fingerprint density at radius 3 is 2.87 bits per heavy atom. The fourth-order valence-corrected chi connectivity index (χ4v) is 1.67. The number of aromatic nitrogens is 3. The summed E-state index contributed by atoms with van der Waals surface area (Å²) >= 11 is 0.